The van der Waals surface area contributed by atoms with Gasteiger partial charge in [0.2, 0.25) is 5.91 Å². The van der Waals surface area contributed by atoms with Crippen LogP contribution in [0.3, 0.4) is 0 Å². The molecule has 9 N–H and O–H groups in total. The lowest BCUT2D eigenvalue weighted by Gasteiger charge is -2.46. The number of carbonyl (C=O) groups is 1. The summed E-state index contributed by atoms with van der Waals surface area (Å²) in [4.78, 5) is 13.3. The average Bonchev–Trinajstić information content (AvgIpc) is 1.05. The molecule has 14 heteroatoms. The Morgan fingerprint density at radius 2 is 0.761 bits per heavy atom. The Balaban J connectivity index is 1.71. The minimum atomic E-state index is -1.81. The molecule has 12 unspecified atom stereocenters. The van der Waals surface area contributed by atoms with Crippen LogP contribution >= 0.6 is 0 Å². The Labute approximate surface area is 555 Å². The van der Waals surface area contributed by atoms with Gasteiger partial charge in [-0.2, -0.15) is 0 Å². The first-order valence-corrected chi connectivity index (χ1v) is 35.0. The molecule has 2 fully saturated rings. The van der Waals surface area contributed by atoms with Crippen molar-refractivity contribution in [1.82, 2.24) is 5.32 Å². The maximum absolute atomic E-state index is 13.3. The van der Waals surface area contributed by atoms with Gasteiger partial charge in [-0.1, -0.05) is 247 Å². The van der Waals surface area contributed by atoms with E-state index in [0.717, 1.165) is 116 Å². The molecule has 2 aliphatic rings. The number of ether oxygens (including phenoxy) is 4. The zero-order valence-corrected chi connectivity index (χ0v) is 56.2. The van der Waals surface area contributed by atoms with E-state index in [1.807, 2.05) is 6.08 Å². The van der Waals surface area contributed by atoms with Crippen molar-refractivity contribution in [2.45, 2.75) is 280 Å². The molecule has 0 aliphatic carbocycles. The van der Waals surface area contributed by atoms with Crippen LogP contribution in [0.25, 0.3) is 0 Å². The molecular formula is C78H123NO13. The van der Waals surface area contributed by atoms with Crippen LogP contribution in [0.5, 0.6) is 0 Å². The monoisotopic (exact) mass is 1280 g/mol. The fraction of sp³-hybridized carbons (Fsp3) is 0.603. The van der Waals surface area contributed by atoms with Gasteiger partial charge < -0.3 is 65.1 Å². The molecule has 92 heavy (non-hydrogen) atoms. The first kappa shape index (κ1) is 83.2. The highest BCUT2D eigenvalue weighted by atomic mass is 16.7. The van der Waals surface area contributed by atoms with Gasteiger partial charge in [0.15, 0.2) is 12.6 Å². The normalized spacial score (nSPS) is 23.8. The standard InChI is InChI=1S/C78H123NO13/c1-3-5-7-9-11-13-15-17-19-21-23-24-25-26-27-28-29-30-31-32-33-34-35-36-37-38-39-40-41-42-44-46-48-50-52-54-56-58-60-62-70(83)79-66(67(82)61-59-57-55-53-51-49-47-45-43-22-20-18-16-14-12-10-8-6-4-2)65-89-77-75(88)73(86)76(69(64-81)91-77)92-78-74(87)72(85)71(84)68(63-80)90-78/h5,7,11,13,17,19,23-24,26-27,29-30,32-33,35-36,38-39,41-43,45-46,48,51-54,59,61,66-69,71-78,80-82,84-88H,3-4,6,8-10,12,14-16,18,20-22,25,28,31,34,37,40,44,47,49-50,55-58,60,62-65H2,1-2H3,(H,79,83)/b7-5-,13-11-,19-17-,24-23-,27-26-,30-29-,33-32-,36-35-,39-38-,42-41-,45-43+,48-46-,53-51+,54-52-,61-59+. The Hall–Kier alpha value is -4.91. The molecule has 1 amide bonds. The van der Waals surface area contributed by atoms with Crippen molar-refractivity contribution in [3.05, 3.63) is 182 Å². The minimum absolute atomic E-state index is 0.202. The highest BCUT2D eigenvalue weighted by molar-refractivity contribution is 5.76. The molecule has 2 aliphatic heterocycles. The number of aliphatic hydroxyl groups is 8. The van der Waals surface area contributed by atoms with Gasteiger partial charge >= 0.3 is 0 Å². The number of amides is 1. The highest BCUT2D eigenvalue weighted by Gasteiger charge is 2.51. The predicted molar refractivity (Wildman–Crippen MR) is 377 cm³/mol. The maximum Gasteiger partial charge on any atom is 0.220 e. The van der Waals surface area contributed by atoms with Crippen LogP contribution in [0.2, 0.25) is 0 Å². The van der Waals surface area contributed by atoms with Gasteiger partial charge in [-0.05, 0) is 135 Å². The summed E-state index contributed by atoms with van der Waals surface area (Å²) >= 11 is 0. The van der Waals surface area contributed by atoms with Crippen LogP contribution in [0, 0.1) is 0 Å². The SMILES string of the molecule is CC/C=C\C/C=C\C/C=C\C/C=C\C/C=C\C/C=C\C/C=C\C/C=C\C/C=C\C/C=C\C/C=C\C/C=C\CCCCC(=O)NC(COC1OC(CO)C(OC2OC(CO)C(O)C(O)C2O)C(O)C1O)C(O)/C=C/CC/C=C/CC/C=C/CCCCCCCCCCC. The Bertz CT molecular complexity index is 2250. The second-order valence-corrected chi connectivity index (χ2v) is 23.5. The lowest BCUT2D eigenvalue weighted by atomic mass is 9.97. The summed E-state index contributed by atoms with van der Waals surface area (Å²) in [5.41, 5.74) is 0. The Morgan fingerprint density at radius 1 is 0.402 bits per heavy atom. The van der Waals surface area contributed by atoms with E-state index in [1.54, 1.807) is 6.08 Å². The average molecular weight is 1280 g/mol. The zero-order chi connectivity index (χ0) is 66.6. The third-order valence-corrected chi connectivity index (χ3v) is 15.6. The van der Waals surface area contributed by atoms with Gasteiger partial charge in [0, 0.05) is 6.42 Å². The summed E-state index contributed by atoms with van der Waals surface area (Å²) in [5.74, 6) is -0.304. The molecule has 14 nitrogen and oxygen atoms in total. The van der Waals surface area contributed by atoms with Crippen LogP contribution in [0.1, 0.15) is 206 Å². The summed E-state index contributed by atoms with van der Waals surface area (Å²) < 4.78 is 22.8. The maximum atomic E-state index is 13.3. The van der Waals surface area contributed by atoms with Crippen molar-refractivity contribution in [1.29, 1.82) is 0 Å². The lowest BCUT2D eigenvalue weighted by molar-refractivity contribution is -0.359. The quantitative estimate of drug-likeness (QED) is 0.0204. The molecule has 518 valence electrons. The van der Waals surface area contributed by atoms with Gasteiger partial charge in [-0.3, -0.25) is 4.79 Å². The van der Waals surface area contributed by atoms with Crippen LogP contribution in [-0.4, -0.2) is 140 Å². The zero-order valence-electron chi connectivity index (χ0n) is 56.2. The van der Waals surface area contributed by atoms with E-state index in [1.165, 1.54) is 57.8 Å². The van der Waals surface area contributed by atoms with Crippen molar-refractivity contribution >= 4 is 5.91 Å². The van der Waals surface area contributed by atoms with E-state index < -0.39 is 86.8 Å². The largest absolute Gasteiger partial charge is 0.394 e. The van der Waals surface area contributed by atoms with E-state index in [9.17, 15) is 45.6 Å². The number of hydrogen-bond donors (Lipinski definition) is 9. The first-order chi connectivity index (χ1) is 45.1. The number of rotatable bonds is 54. The van der Waals surface area contributed by atoms with Gasteiger partial charge in [0.25, 0.3) is 0 Å². The molecule has 0 aromatic rings. The van der Waals surface area contributed by atoms with Crippen molar-refractivity contribution in [2.75, 3.05) is 19.8 Å². The van der Waals surface area contributed by atoms with E-state index in [4.69, 9.17) is 18.9 Å². The fourth-order valence-corrected chi connectivity index (χ4v) is 10.0. The summed E-state index contributed by atoms with van der Waals surface area (Å²) in [5, 5.41) is 87.3. The second kappa shape index (κ2) is 59.8. The van der Waals surface area contributed by atoms with Crippen molar-refractivity contribution in [3.63, 3.8) is 0 Å². The third-order valence-electron chi connectivity index (χ3n) is 15.6. The van der Waals surface area contributed by atoms with Crippen LogP contribution in [-0.2, 0) is 23.7 Å². The van der Waals surface area contributed by atoms with Gasteiger partial charge in [-0.15, -0.1) is 0 Å². The van der Waals surface area contributed by atoms with E-state index in [2.05, 4.69) is 189 Å². The molecule has 0 aromatic carbocycles. The molecule has 12 atom stereocenters. The van der Waals surface area contributed by atoms with E-state index in [-0.39, 0.29) is 18.9 Å². The Kier molecular flexibility index (Phi) is 54.1. The molecule has 0 bridgehead atoms. The Morgan fingerprint density at radius 3 is 1.20 bits per heavy atom. The topological polar surface area (TPSA) is 228 Å². The van der Waals surface area contributed by atoms with E-state index >= 15 is 0 Å². The number of allylic oxidation sites excluding steroid dienone is 29. The van der Waals surface area contributed by atoms with Crippen LogP contribution < -0.4 is 5.32 Å². The van der Waals surface area contributed by atoms with Crippen molar-refractivity contribution < 1.29 is 64.6 Å². The molecule has 2 rings (SSSR count). The number of nitrogens with one attached hydrogen (secondary N) is 1. The van der Waals surface area contributed by atoms with E-state index in [0.29, 0.717) is 12.8 Å². The smallest absolute Gasteiger partial charge is 0.220 e. The van der Waals surface area contributed by atoms with Crippen LogP contribution in [0.4, 0.5) is 0 Å². The molecular weight excluding hydrogens is 1160 g/mol. The molecule has 0 radical (unpaired) electrons. The van der Waals surface area contributed by atoms with Gasteiger partial charge in [0.05, 0.1) is 32.0 Å². The fourth-order valence-electron chi connectivity index (χ4n) is 10.0. The molecule has 2 heterocycles. The van der Waals surface area contributed by atoms with Crippen LogP contribution in [0.15, 0.2) is 182 Å². The number of hydrogen-bond acceptors (Lipinski definition) is 13. The summed E-state index contributed by atoms with van der Waals surface area (Å²) in [7, 11) is 0. The van der Waals surface area contributed by atoms with Gasteiger partial charge in [0.1, 0.15) is 48.8 Å². The van der Waals surface area contributed by atoms with Gasteiger partial charge in [-0.25, -0.2) is 0 Å². The third kappa shape index (κ3) is 43.1. The van der Waals surface area contributed by atoms with Crippen molar-refractivity contribution in [3.8, 4) is 0 Å². The second-order valence-electron chi connectivity index (χ2n) is 23.5. The minimum Gasteiger partial charge on any atom is -0.394 e. The molecule has 0 saturated carbocycles. The molecule has 2 saturated heterocycles. The molecule has 0 spiro atoms. The lowest BCUT2D eigenvalue weighted by Crippen LogP contribution is -2.65. The summed E-state index contributed by atoms with van der Waals surface area (Å²) in [6.07, 6.45) is 78.0. The number of unbranched alkanes of at least 4 members (excludes halogenated alkanes) is 13. The summed E-state index contributed by atoms with van der Waals surface area (Å²) in [6, 6.07) is -0.977. The molecule has 0 aromatic heterocycles. The summed E-state index contributed by atoms with van der Waals surface area (Å²) in [6.45, 7) is 2.61. The first-order valence-electron chi connectivity index (χ1n) is 35.0. The number of aliphatic hydroxyl groups excluding tert-OH is 8. The predicted octanol–water partition coefficient (Wildman–Crippen LogP) is 14.6. The highest BCUT2D eigenvalue weighted by Crippen LogP contribution is 2.30. The van der Waals surface area contributed by atoms with Crippen molar-refractivity contribution in [2.24, 2.45) is 0 Å². The number of carbonyl (C=O) groups excluding carboxylic acids is 1.